The molecule has 220 valence electrons. The first kappa shape index (κ1) is 30.9. The van der Waals surface area contributed by atoms with Crippen molar-refractivity contribution in [2.75, 3.05) is 6.54 Å². The molecule has 0 aromatic rings. The molecule has 10 heteroatoms. The molecular weight excluding hydrogens is 498 g/mol. The fraction of sp³-hybridized carbons (Fsp3) is 0.828. The number of ketones is 1. The Morgan fingerprint density at radius 2 is 1.59 bits per heavy atom. The van der Waals surface area contributed by atoms with Crippen LogP contribution < -0.4 is 21.7 Å². The Balaban J connectivity index is 1.87. The number of carbonyl (C=O) groups is 5. The molecule has 39 heavy (non-hydrogen) atoms. The summed E-state index contributed by atoms with van der Waals surface area (Å²) in [6.45, 7) is 15.9. The molecule has 0 radical (unpaired) electrons. The molecule has 1 saturated heterocycles. The van der Waals surface area contributed by atoms with Crippen molar-refractivity contribution in [3.05, 3.63) is 0 Å². The van der Waals surface area contributed by atoms with Crippen LogP contribution in [0.15, 0.2) is 0 Å². The molecule has 1 heterocycles. The molecule has 3 rings (SSSR count). The zero-order valence-corrected chi connectivity index (χ0v) is 25.0. The van der Waals surface area contributed by atoms with E-state index in [4.69, 9.17) is 5.73 Å². The van der Waals surface area contributed by atoms with Gasteiger partial charge in [-0.1, -0.05) is 53.9 Å². The minimum atomic E-state index is -1.07. The third kappa shape index (κ3) is 7.31. The average Bonchev–Trinajstić information content (AvgIpc) is 3.32. The highest BCUT2D eigenvalue weighted by Crippen LogP contribution is 2.63. The lowest BCUT2D eigenvalue weighted by atomic mass is 9.80. The van der Waals surface area contributed by atoms with Gasteiger partial charge in [0.1, 0.15) is 12.1 Å². The van der Waals surface area contributed by atoms with Gasteiger partial charge in [-0.05, 0) is 68.6 Å². The number of amides is 5. The summed E-state index contributed by atoms with van der Waals surface area (Å²) in [5.74, 6) is -1.60. The summed E-state index contributed by atoms with van der Waals surface area (Å²) in [5, 5.41) is 8.51. The van der Waals surface area contributed by atoms with Crippen molar-refractivity contribution >= 4 is 29.5 Å². The van der Waals surface area contributed by atoms with Gasteiger partial charge in [0, 0.05) is 12.1 Å². The lowest BCUT2D eigenvalue weighted by Crippen LogP contribution is -2.61. The molecule has 5 amide bonds. The van der Waals surface area contributed by atoms with E-state index in [0.29, 0.717) is 31.2 Å². The standard InChI is InChI=1S/C29H49N5O5/c1-16(2)18-13-29(18)14-20(24(37)31-19(21(35)23(30)36)12-17-10-9-11-17)34(15-29)25(38)22(27(3,4)5)32-26(39)33-28(6,7)8/h16-20,22H,9-15H2,1-8H3,(H2,30,36)(H,31,37)(H2,32,33,39)/t18?,19?,20-,22+,29-/m0/s1. The minimum absolute atomic E-state index is 0.168. The van der Waals surface area contributed by atoms with Crippen LogP contribution in [0.4, 0.5) is 4.79 Å². The van der Waals surface area contributed by atoms with Gasteiger partial charge in [0.2, 0.25) is 17.6 Å². The van der Waals surface area contributed by atoms with Crippen molar-refractivity contribution in [1.29, 1.82) is 0 Å². The number of nitrogens with one attached hydrogen (secondary N) is 3. The Morgan fingerprint density at radius 1 is 0.974 bits per heavy atom. The number of hydrogen-bond donors (Lipinski definition) is 4. The van der Waals surface area contributed by atoms with Gasteiger partial charge in [0.05, 0.1) is 6.04 Å². The first-order valence-corrected chi connectivity index (χ1v) is 14.4. The quantitative estimate of drug-likeness (QED) is 0.327. The molecule has 3 aliphatic rings. The molecule has 5 atom stereocenters. The molecule has 1 aliphatic heterocycles. The van der Waals surface area contributed by atoms with Gasteiger partial charge in [0.15, 0.2) is 0 Å². The van der Waals surface area contributed by atoms with Crippen LogP contribution in [0.5, 0.6) is 0 Å². The van der Waals surface area contributed by atoms with Crippen molar-refractivity contribution in [2.24, 2.45) is 34.3 Å². The number of likely N-dealkylation sites (tertiary alicyclic amines) is 1. The molecule has 2 aliphatic carbocycles. The van der Waals surface area contributed by atoms with E-state index in [1.54, 1.807) is 4.90 Å². The second-order valence-electron chi connectivity index (χ2n) is 14.6. The molecule has 1 spiro atoms. The number of carbonyl (C=O) groups excluding carboxylic acids is 5. The number of nitrogens with zero attached hydrogens (tertiary/aromatic N) is 1. The SMILES string of the molecule is CC(C)C1C[C@@]12C[C@@H](C(=O)NC(CC1CCC1)C(=O)C(N)=O)N(C(=O)[C@@H](NC(=O)NC(C)(C)C)C(C)(C)C)C2. The summed E-state index contributed by atoms with van der Waals surface area (Å²) in [5.41, 5.74) is 4.03. The van der Waals surface area contributed by atoms with Crippen molar-refractivity contribution in [3.8, 4) is 0 Å². The number of primary amides is 1. The number of Topliss-reactive ketones (excluding diaryl/α,β-unsaturated/α-hetero) is 1. The lowest BCUT2D eigenvalue weighted by molar-refractivity contribution is -0.143. The van der Waals surface area contributed by atoms with Gasteiger partial charge < -0.3 is 26.6 Å². The van der Waals surface area contributed by atoms with Crippen LogP contribution >= 0.6 is 0 Å². The highest BCUT2D eigenvalue weighted by molar-refractivity contribution is 6.37. The summed E-state index contributed by atoms with van der Waals surface area (Å²) in [6, 6.07) is -3.13. The first-order chi connectivity index (χ1) is 17.8. The Labute approximate surface area is 232 Å². The Bertz CT molecular complexity index is 993. The van der Waals surface area contributed by atoms with E-state index in [9.17, 15) is 24.0 Å². The number of hydrogen-bond acceptors (Lipinski definition) is 5. The van der Waals surface area contributed by atoms with Crippen LogP contribution in [0.25, 0.3) is 0 Å². The predicted octanol–water partition coefficient (Wildman–Crippen LogP) is 2.49. The molecule has 3 fully saturated rings. The Kier molecular flexibility index (Phi) is 8.78. The molecule has 2 unspecified atom stereocenters. The van der Waals surface area contributed by atoms with E-state index in [1.165, 1.54) is 0 Å². The predicted molar refractivity (Wildman–Crippen MR) is 148 cm³/mol. The highest BCUT2D eigenvalue weighted by atomic mass is 16.2. The number of urea groups is 1. The van der Waals surface area contributed by atoms with E-state index in [0.717, 1.165) is 25.7 Å². The van der Waals surface area contributed by atoms with Crippen molar-refractivity contribution < 1.29 is 24.0 Å². The largest absolute Gasteiger partial charge is 0.363 e. The molecule has 0 aromatic carbocycles. The second kappa shape index (κ2) is 11.1. The van der Waals surface area contributed by atoms with E-state index in [-0.39, 0.29) is 17.2 Å². The third-order valence-corrected chi connectivity index (χ3v) is 8.65. The van der Waals surface area contributed by atoms with Gasteiger partial charge >= 0.3 is 6.03 Å². The maximum atomic E-state index is 14.1. The summed E-state index contributed by atoms with van der Waals surface area (Å²) in [6.07, 6.45) is 4.72. The Hall–Kier alpha value is -2.65. The van der Waals surface area contributed by atoms with E-state index in [1.807, 2.05) is 41.5 Å². The maximum absolute atomic E-state index is 14.1. The van der Waals surface area contributed by atoms with Crippen molar-refractivity contribution in [2.45, 2.75) is 118 Å². The van der Waals surface area contributed by atoms with Crippen LogP contribution in [0.2, 0.25) is 0 Å². The minimum Gasteiger partial charge on any atom is -0.363 e. The molecule has 10 nitrogen and oxygen atoms in total. The van der Waals surface area contributed by atoms with E-state index in [2.05, 4.69) is 29.8 Å². The Morgan fingerprint density at radius 3 is 2.03 bits per heavy atom. The lowest BCUT2D eigenvalue weighted by Gasteiger charge is -2.36. The fourth-order valence-corrected chi connectivity index (χ4v) is 6.27. The van der Waals surface area contributed by atoms with Gasteiger partial charge in [0.25, 0.3) is 5.91 Å². The topological polar surface area (TPSA) is 151 Å². The average molecular weight is 548 g/mol. The molecule has 2 saturated carbocycles. The van der Waals surface area contributed by atoms with Crippen LogP contribution in [0.1, 0.15) is 93.9 Å². The number of nitrogens with two attached hydrogens (primary N) is 1. The second-order valence-corrected chi connectivity index (χ2v) is 14.6. The summed E-state index contributed by atoms with van der Waals surface area (Å²) in [7, 11) is 0. The first-order valence-electron chi connectivity index (χ1n) is 14.4. The zero-order valence-electron chi connectivity index (χ0n) is 25.0. The normalized spacial score (nSPS) is 26.5. The van der Waals surface area contributed by atoms with Crippen molar-refractivity contribution in [3.63, 3.8) is 0 Å². The molecule has 5 N–H and O–H groups in total. The molecular formula is C29H49N5O5. The van der Waals surface area contributed by atoms with Gasteiger partial charge in [-0.25, -0.2) is 4.79 Å². The van der Waals surface area contributed by atoms with Gasteiger partial charge in [-0.15, -0.1) is 0 Å². The summed E-state index contributed by atoms with van der Waals surface area (Å²) in [4.78, 5) is 66.6. The highest BCUT2D eigenvalue weighted by Gasteiger charge is 2.63. The van der Waals surface area contributed by atoms with E-state index >= 15 is 0 Å². The molecule has 0 bridgehead atoms. The molecule has 0 aromatic heterocycles. The summed E-state index contributed by atoms with van der Waals surface area (Å²) >= 11 is 0. The van der Waals surface area contributed by atoms with Crippen LogP contribution in [-0.2, 0) is 19.2 Å². The van der Waals surface area contributed by atoms with Crippen molar-refractivity contribution in [1.82, 2.24) is 20.9 Å². The van der Waals surface area contributed by atoms with E-state index < -0.39 is 52.7 Å². The smallest absolute Gasteiger partial charge is 0.315 e. The third-order valence-electron chi connectivity index (χ3n) is 8.65. The monoisotopic (exact) mass is 547 g/mol. The maximum Gasteiger partial charge on any atom is 0.315 e. The van der Waals surface area contributed by atoms with Gasteiger partial charge in [-0.3, -0.25) is 19.2 Å². The van der Waals surface area contributed by atoms with Crippen LogP contribution in [0, 0.1) is 28.6 Å². The van der Waals surface area contributed by atoms with Crippen LogP contribution in [0.3, 0.4) is 0 Å². The van der Waals surface area contributed by atoms with Crippen LogP contribution in [-0.4, -0.2) is 64.6 Å². The summed E-state index contributed by atoms with van der Waals surface area (Å²) < 4.78 is 0. The number of rotatable bonds is 9. The zero-order chi connectivity index (χ0) is 29.5. The fourth-order valence-electron chi connectivity index (χ4n) is 6.27. The van der Waals surface area contributed by atoms with Gasteiger partial charge in [-0.2, -0.15) is 0 Å².